The maximum Gasteiger partial charge on any atom is 0.0714 e. The molecule has 0 atom stereocenters. The first-order valence-electron chi connectivity index (χ1n) is 24.7. The van der Waals surface area contributed by atoms with Gasteiger partial charge in [-0.25, -0.2) is 0 Å². The van der Waals surface area contributed by atoms with Crippen LogP contribution < -0.4 is 4.90 Å². The predicted octanol–water partition coefficient (Wildman–Crippen LogP) is 16.1. The molecule has 9 aromatic carbocycles. The van der Waals surface area contributed by atoms with E-state index >= 15 is 0 Å². The summed E-state index contributed by atoms with van der Waals surface area (Å²) >= 11 is 0. The van der Waals surface area contributed by atoms with Crippen molar-refractivity contribution in [3.8, 4) is 22.3 Å². The van der Waals surface area contributed by atoms with Gasteiger partial charge in [0.2, 0.25) is 0 Å². The second kappa shape index (κ2) is 15.3. The van der Waals surface area contributed by atoms with E-state index in [1.807, 2.05) is 4.90 Å². The molecule has 0 bridgehead atoms. The highest BCUT2D eigenvalue weighted by molar-refractivity contribution is 5.92. The third-order valence-electron chi connectivity index (χ3n) is 13.7. The van der Waals surface area contributed by atoms with Crippen LogP contribution in [0.25, 0.3) is 22.3 Å². The number of hydrogen-bond donors (Lipinski definition) is 0. The van der Waals surface area contributed by atoms with Gasteiger partial charge in [0.15, 0.2) is 0 Å². The monoisotopic (exact) mass is 814 g/mol. The van der Waals surface area contributed by atoms with Crippen LogP contribution in [0, 0.1) is 0 Å². The van der Waals surface area contributed by atoms with Gasteiger partial charge in [0.25, 0.3) is 0 Å². The zero-order valence-corrected chi connectivity index (χ0v) is 36.1. The van der Waals surface area contributed by atoms with Crippen molar-refractivity contribution in [3.63, 3.8) is 0 Å². The third kappa shape index (κ3) is 5.90. The van der Waals surface area contributed by atoms with Crippen LogP contribution in [0.4, 0.5) is 17.1 Å². The van der Waals surface area contributed by atoms with E-state index in [1.54, 1.807) is 0 Å². The second-order valence-corrected chi connectivity index (χ2v) is 17.7. The minimum Gasteiger partial charge on any atom is -0.310 e. The molecule has 0 amide bonds. The maximum absolute atomic E-state index is 9.59. The number of nitrogens with zero attached hydrogens (tertiary/aromatic N) is 1. The van der Waals surface area contributed by atoms with Gasteiger partial charge in [0.05, 0.1) is 17.7 Å². The van der Waals surface area contributed by atoms with E-state index in [2.05, 4.69) is 222 Å². The molecule has 9 aromatic rings. The highest BCUT2D eigenvalue weighted by Gasteiger charge is 2.48. The Morgan fingerprint density at radius 3 is 1.00 bits per heavy atom. The van der Waals surface area contributed by atoms with E-state index < -0.39 is 16.9 Å². The summed E-state index contributed by atoms with van der Waals surface area (Å²) in [4.78, 5) is 1.91. The van der Waals surface area contributed by atoms with Crippen LogP contribution in [0.2, 0.25) is 0 Å². The molecular formula is C62H51N. The molecule has 0 unspecified atom stereocenters. The van der Waals surface area contributed by atoms with Gasteiger partial charge in [-0.15, -0.1) is 0 Å². The van der Waals surface area contributed by atoms with Crippen molar-refractivity contribution < 1.29 is 6.85 Å². The molecule has 0 aromatic heterocycles. The maximum atomic E-state index is 9.59. The Morgan fingerprint density at radius 2 is 0.667 bits per heavy atom. The van der Waals surface area contributed by atoms with E-state index in [4.69, 9.17) is 4.11 Å². The highest BCUT2D eigenvalue weighted by Crippen LogP contribution is 2.60. The van der Waals surface area contributed by atoms with Gasteiger partial charge in [0.1, 0.15) is 0 Å². The summed E-state index contributed by atoms with van der Waals surface area (Å²) in [7, 11) is 0. The van der Waals surface area contributed by atoms with Gasteiger partial charge < -0.3 is 4.90 Å². The zero-order valence-electron chi connectivity index (χ0n) is 41.1. The number of rotatable bonds is 9. The lowest BCUT2D eigenvalue weighted by Gasteiger charge is -2.36. The summed E-state index contributed by atoms with van der Waals surface area (Å²) in [5.41, 5.74) is 15.8. The molecule has 0 saturated carbocycles. The highest BCUT2D eigenvalue weighted by atomic mass is 15.1. The molecule has 63 heavy (non-hydrogen) atoms. The molecule has 0 N–H and O–H groups in total. The quantitative estimate of drug-likeness (QED) is 0.140. The first-order valence-corrected chi connectivity index (χ1v) is 22.2. The van der Waals surface area contributed by atoms with Crippen molar-refractivity contribution in [1.82, 2.24) is 0 Å². The number of benzene rings is 9. The van der Waals surface area contributed by atoms with E-state index in [0.717, 1.165) is 55.6 Å². The summed E-state index contributed by atoms with van der Waals surface area (Å²) in [6.07, 6.45) is 0. The van der Waals surface area contributed by atoms with Crippen molar-refractivity contribution in [2.24, 2.45) is 0 Å². The standard InChI is InChI=1S/C62H51N/c1-42(2)44-30-34-53-55-36-32-51(40-59(55)61(57(53)38-44,46-20-10-5-11-21-46)47-22-12-6-13-23-47)63(50-28-18-9-19-29-50)52-33-37-56-54-35-31-45(43(3)4)39-58(54)62(60(56)41-52,48-24-14-7-15-25-48)49-26-16-8-17-27-49/h5-43H,1-4H3/i9D,18D,19D,28D,29D. The third-order valence-corrected chi connectivity index (χ3v) is 13.7. The molecule has 1 heteroatoms. The van der Waals surface area contributed by atoms with E-state index in [1.165, 1.54) is 22.3 Å². The van der Waals surface area contributed by atoms with Crippen molar-refractivity contribution in [3.05, 3.63) is 280 Å². The lowest BCUT2D eigenvalue weighted by molar-refractivity contribution is 0.761. The average Bonchev–Trinajstić information content (AvgIpc) is 3.84. The zero-order chi connectivity index (χ0) is 47.1. The Hall–Kier alpha value is -7.22. The molecule has 0 radical (unpaired) electrons. The molecule has 304 valence electrons. The molecule has 0 fully saturated rings. The molecule has 0 spiro atoms. The predicted molar refractivity (Wildman–Crippen MR) is 264 cm³/mol. The summed E-state index contributed by atoms with van der Waals surface area (Å²) in [6.45, 7) is 8.93. The lowest BCUT2D eigenvalue weighted by Crippen LogP contribution is -2.29. The molecule has 1 nitrogen and oxygen atoms in total. The molecule has 2 aliphatic rings. The first kappa shape index (κ1) is 33.4. The Kier molecular flexibility index (Phi) is 8.11. The Labute approximate surface area is 380 Å². The fourth-order valence-electron chi connectivity index (χ4n) is 10.7. The lowest BCUT2D eigenvalue weighted by atomic mass is 9.67. The van der Waals surface area contributed by atoms with Crippen LogP contribution in [0.3, 0.4) is 0 Å². The topological polar surface area (TPSA) is 3.24 Å². The van der Waals surface area contributed by atoms with Gasteiger partial charge in [-0.3, -0.25) is 0 Å². The molecule has 0 aliphatic heterocycles. The summed E-state index contributed by atoms with van der Waals surface area (Å²) in [6, 6.07) is 67.6. The van der Waals surface area contributed by atoms with Crippen molar-refractivity contribution in [2.75, 3.05) is 4.90 Å². The van der Waals surface area contributed by atoms with Crippen LogP contribution in [-0.4, -0.2) is 0 Å². The van der Waals surface area contributed by atoms with Crippen LogP contribution >= 0.6 is 0 Å². The summed E-state index contributed by atoms with van der Waals surface area (Å²) in [5.74, 6) is 0.593. The molecule has 2 aliphatic carbocycles. The minimum atomic E-state index is -0.747. The van der Waals surface area contributed by atoms with E-state index in [9.17, 15) is 2.74 Å². The van der Waals surface area contributed by atoms with Gasteiger partial charge in [-0.05, 0) is 126 Å². The Morgan fingerprint density at radius 1 is 0.349 bits per heavy atom. The normalized spacial score (nSPS) is 15.0. The molecule has 11 rings (SSSR count). The molecule has 0 saturated heterocycles. The van der Waals surface area contributed by atoms with Crippen LogP contribution in [-0.2, 0) is 10.8 Å². The number of anilines is 3. The van der Waals surface area contributed by atoms with Gasteiger partial charge in [-0.1, -0.05) is 216 Å². The van der Waals surface area contributed by atoms with Crippen LogP contribution in [0.15, 0.2) is 224 Å². The van der Waals surface area contributed by atoms with Crippen LogP contribution in [0.1, 0.15) is 102 Å². The summed E-state index contributed by atoms with van der Waals surface area (Å²) in [5, 5.41) is 0. The fourth-order valence-corrected chi connectivity index (χ4v) is 10.7. The molecule has 0 heterocycles. The number of para-hydroxylation sites is 1. The first-order chi connectivity index (χ1) is 33.0. The largest absolute Gasteiger partial charge is 0.310 e. The number of fused-ring (bicyclic) bond motifs is 6. The second-order valence-electron chi connectivity index (χ2n) is 17.7. The fraction of sp³-hybridized carbons (Fsp3) is 0.129. The van der Waals surface area contributed by atoms with Crippen LogP contribution in [0.5, 0.6) is 0 Å². The van der Waals surface area contributed by atoms with Crippen molar-refractivity contribution in [1.29, 1.82) is 0 Å². The Balaban J connectivity index is 1.24. The van der Waals surface area contributed by atoms with Gasteiger partial charge in [0, 0.05) is 17.1 Å². The van der Waals surface area contributed by atoms with Gasteiger partial charge in [-0.2, -0.15) is 0 Å². The smallest absolute Gasteiger partial charge is 0.0714 e. The summed E-state index contributed by atoms with van der Waals surface area (Å²) < 4.78 is 45.9. The van der Waals surface area contributed by atoms with Crippen molar-refractivity contribution >= 4 is 17.1 Å². The average molecular weight is 815 g/mol. The minimum absolute atomic E-state index is 0.0844. The SMILES string of the molecule is [2H]c1c([2H])c([2H])c(N(c2ccc3c(c2)C(c2ccccc2)(c2ccccc2)c2cc(C(C)C)ccc2-3)c2ccc3c(c2)C(c2ccccc2)(c2ccccc2)c2cc(C(C)C)ccc2-3)c([2H])c1[2H]. The van der Waals surface area contributed by atoms with Crippen molar-refractivity contribution in [2.45, 2.75) is 50.4 Å². The molecular weight excluding hydrogens is 759 g/mol. The Bertz CT molecular complexity index is 3100. The van der Waals surface area contributed by atoms with E-state index in [-0.39, 0.29) is 29.9 Å². The van der Waals surface area contributed by atoms with Gasteiger partial charge >= 0.3 is 0 Å². The number of hydrogen-bond acceptors (Lipinski definition) is 1. The van der Waals surface area contributed by atoms with E-state index in [0.29, 0.717) is 23.2 Å².